The lowest BCUT2D eigenvalue weighted by atomic mass is 9.83. The van der Waals surface area contributed by atoms with Crippen LogP contribution < -0.4 is 0 Å². The van der Waals surface area contributed by atoms with Crippen LogP contribution in [0.4, 0.5) is 5.69 Å². The molecule has 1 aliphatic carbocycles. The molecular weight excluding hydrogens is 336 g/mol. The lowest BCUT2D eigenvalue weighted by Gasteiger charge is -2.31. The summed E-state index contributed by atoms with van der Waals surface area (Å²) in [5, 5.41) is 0.551. The number of carbonyl (C=O) groups excluding carboxylic acids is 2. The molecule has 0 radical (unpaired) electrons. The number of aliphatic imine (C=N–C) groups is 1. The first-order chi connectivity index (χ1) is 12.1. The van der Waals surface area contributed by atoms with Gasteiger partial charge in [-0.25, -0.2) is 4.99 Å². The molecule has 0 N–H and O–H groups in total. The van der Waals surface area contributed by atoms with E-state index in [0.29, 0.717) is 27.5 Å². The third-order valence-electron chi connectivity index (χ3n) is 4.74. The number of hydrogen-bond donors (Lipinski definition) is 0. The van der Waals surface area contributed by atoms with Crippen LogP contribution in [0.2, 0.25) is 5.02 Å². The van der Waals surface area contributed by atoms with E-state index in [4.69, 9.17) is 11.6 Å². The maximum atomic E-state index is 13.1. The lowest BCUT2D eigenvalue weighted by Crippen LogP contribution is -2.51. The fourth-order valence-electron chi connectivity index (χ4n) is 3.56. The van der Waals surface area contributed by atoms with Crippen LogP contribution in [0.5, 0.6) is 0 Å². The summed E-state index contributed by atoms with van der Waals surface area (Å²) in [6.07, 6.45) is 2.06. The van der Waals surface area contributed by atoms with E-state index in [0.717, 1.165) is 25.9 Å². The van der Waals surface area contributed by atoms with Crippen molar-refractivity contribution >= 4 is 34.6 Å². The van der Waals surface area contributed by atoms with Crippen molar-refractivity contribution in [3.05, 3.63) is 64.7 Å². The fraction of sp³-hybridized carbons (Fsp3) is 0.250. The SMILES string of the molecule is O=C1C(=Nc2cccc(Cl)c2)C(N2CCCC2)C(=O)c2ccccc21. The molecule has 1 saturated heterocycles. The van der Waals surface area contributed by atoms with E-state index < -0.39 is 6.04 Å². The highest BCUT2D eigenvalue weighted by molar-refractivity contribution is 6.55. The minimum atomic E-state index is -0.608. The summed E-state index contributed by atoms with van der Waals surface area (Å²) in [4.78, 5) is 32.8. The summed E-state index contributed by atoms with van der Waals surface area (Å²) >= 11 is 6.04. The van der Waals surface area contributed by atoms with Crippen LogP contribution in [0.1, 0.15) is 33.6 Å². The molecule has 1 unspecified atom stereocenters. The third kappa shape index (κ3) is 2.92. The molecule has 0 saturated carbocycles. The largest absolute Gasteiger partial charge is 0.292 e. The Labute approximate surface area is 151 Å². The first-order valence-electron chi connectivity index (χ1n) is 8.41. The smallest absolute Gasteiger partial charge is 0.210 e. The zero-order chi connectivity index (χ0) is 17.4. The number of fused-ring (bicyclic) bond motifs is 1. The highest BCUT2D eigenvalue weighted by atomic mass is 35.5. The maximum Gasteiger partial charge on any atom is 0.210 e. The first-order valence-corrected chi connectivity index (χ1v) is 8.79. The topological polar surface area (TPSA) is 49.7 Å². The van der Waals surface area contributed by atoms with E-state index >= 15 is 0 Å². The Hall–Kier alpha value is -2.30. The molecule has 0 aromatic heterocycles. The number of carbonyl (C=O) groups is 2. The van der Waals surface area contributed by atoms with Gasteiger partial charge in [0.1, 0.15) is 11.8 Å². The van der Waals surface area contributed by atoms with Gasteiger partial charge in [-0.15, -0.1) is 0 Å². The van der Waals surface area contributed by atoms with Gasteiger partial charge < -0.3 is 0 Å². The summed E-state index contributed by atoms with van der Waals surface area (Å²) < 4.78 is 0. The zero-order valence-electron chi connectivity index (χ0n) is 13.6. The van der Waals surface area contributed by atoms with Gasteiger partial charge in [-0.05, 0) is 44.1 Å². The Bertz CT molecular complexity index is 885. The monoisotopic (exact) mass is 352 g/mol. The molecule has 1 atom stereocenters. The van der Waals surface area contributed by atoms with Crippen molar-refractivity contribution in [1.82, 2.24) is 4.90 Å². The van der Waals surface area contributed by atoms with Gasteiger partial charge in [-0.2, -0.15) is 0 Å². The number of nitrogens with zero attached hydrogens (tertiary/aromatic N) is 2. The van der Waals surface area contributed by atoms with Crippen LogP contribution in [-0.4, -0.2) is 41.3 Å². The van der Waals surface area contributed by atoms with Gasteiger partial charge in [0, 0.05) is 16.1 Å². The predicted molar refractivity (Wildman–Crippen MR) is 98.2 cm³/mol. The highest BCUT2D eigenvalue weighted by Gasteiger charge is 2.42. The van der Waals surface area contributed by atoms with Gasteiger partial charge in [0.2, 0.25) is 5.78 Å². The zero-order valence-corrected chi connectivity index (χ0v) is 14.4. The van der Waals surface area contributed by atoms with E-state index in [1.165, 1.54) is 0 Å². The van der Waals surface area contributed by atoms with E-state index in [-0.39, 0.29) is 11.6 Å². The van der Waals surface area contributed by atoms with Crippen molar-refractivity contribution < 1.29 is 9.59 Å². The summed E-state index contributed by atoms with van der Waals surface area (Å²) in [7, 11) is 0. The normalized spacial score (nSPS) is 22.4. The van der Waals surface area contributed by atoms with Crippen molar-refractivity contribution in [3.63, 3.8) is 0 Å². The number of ketones is 2. The van der Waals surface area contributed by atoms with Gasteiger partial charge in [0.05, 0.1) is 5.69 Å². The van der Waals surface area contributed by atoms with Crippen molar-refractivity contribution in [2.24, 2.45) is 4.99 Å². The van der Waals surface area contributed by atoms with Gasteiger partial charge in [-0.3, -0.25) is 14.5 Å². The van der Waals surface area contributed by atoms with Gasteiger partial charge >= 0.3 is 0 Å². The Balaban J connectivity index is 1.86. The molecule has 2 aliphatic rings. The van der Waals surface area contributed by atoms with Crippen LogP contribution >= 0.6 is 11.6 Å². The molecule has 0 spiro atoms. The molecular formula is C20H17ClN2O2. The minimum Gasteiger partial charge on any atom is -0.292 e. The lowest BCUT2D eigenvalue weighted by molar-refractivity contribution is 0.0873. The Morgan fingerprint density at radius 2 is 1.68 bits per heavy atom. The fourth-order valence-corrected chi connectivity index (χ4v) is 3.75. The molecule has 0 amide bonds. The van der Waals surface area contributed by atoms with E-state index in [2.05, 4.69) is 9.89 Å². The molecule has 5 heteroatoms. The summed E-state index contributed by atoms with van der Waals surface area (Å²) in [6.45, 7) is 1.61. The molecule has 1 heterocycles. The number of halogens is 1. The van der Waals surface area contributed by atoms with Crippen molar-refractivity contribution in [2.75, 3.05) is 13.1 Å². The molecule has 2 aromatic carbocycles. The molecule has 0 bridgehead atoms. The summed E-state index contributed by atoms with van der Waals surface area (Å²) in [5.41, 5.74) is 1.82. The van der Waals surface area contributed by atoms with Crippen LogP contribution in [0.15, 0.2) is 53.5 Å². The third-order valence-corrected chi connectivity index (χ3v) is 4.98. The Morgan fingerprint density at radius 3 is 2.40 bits per heavy atom. The van der Waals surface area contributed by atoms with Crippen LogP contribution in [0, 0.1) is 0 Å². The number of rotatable bonds is 2. The second-order valence-electron chi connectivity index (χ2n) is 6.36. The van der Waals surface area contributed by atoms with E-state index in [1.54, 1.807) is 48.5 Å². The van der Waals surface area contributed by atoms with E-state index in [9.17, 15) is 9.59 Å². The first kappa shape index (κ1) is 16.2. The minimum absolute atomic E-state index is 0.0436. The average Bonchev–Trinajstić information content (AvgIpc) is 3.14. The van der Waals surface area contributed by atoms with Gasteiger partial charge in [0.25, 0.3) is 0 Å². The van der Waals surface area contributed by atoms with Crippen LogP contribution in [0.3, 0.4) is 0 Å². The molecule has 4 rings (SSSR count). The number of likely N-dealkylation sites (tertiary alicyclic amines) is 1. The number of benzene rings is 2. The van der Waals surface area contributed by atoms with Crippen molar-refractivity contribution in [2.45, 2.75) is 18.9 Å². The van der Waals surface area contributed by atoms with Crippen molar-refractivity contribution in [1.29, 1.82) is 0 Å². The summed E-state index contributed by atoms with van der Waals surface area (Å²) in [6, 6.07) is 13.4. The van der Waals surface area contributed by atoms with Crippen molar-refractivity contribution in [3.8, 4) is 0 Å². The number of Topliss-reactive ketones (excluding diaryl/α,β-unsaturated/α-hetero) is 2. The Morgan fingerprint density at radius 1 is 0.960 bits per heavy atom. The molecule has 1 aliphatic heterocycles. The number of hydrogen-bond acceptors (Lipinski definition) is 4. The second kappa shape index (κ2) is 6.54. The van der Waals surface area contributed by atoms with Gasteiger partial charge in [0.15, 0.2) is 5.78 Å². The Kier molecular flexibility index (Phi) is 4.24. The molecule has 4 nitrogen and oxygen atoms in total. The van der Waals surface area contributed by atoms with Crippen LogP contribution in [-0.2, 0) is 0 Å². The molecule has 25 heavy (non-hydrogen) atoms. The molecule has 2 aromatic rings. The molecule has 126 valence electrons. The second-order valence-corrected chi connectivity index (χ2v) is 6.80. The van der Waals surface area contributed by atoms with Crippen LogP contribution in [0.25, 0.3) is 0 Å². The maximum absolute atomic E-state index is 13.1. The molecule has 1 fully saturated rings. The predicted octanol–water partition coefficient (Wildman–Crippen LogP) is 3.96. The quantitative estimate of drug-likeness (QED) is 0.822. The average molecular weight is 353 g/mol. The summed E-state index contributed by atoms with van der Waals surface area (Å²) in [5.74, 6) is -0.218. The highest BCUT2D eigenvalue weighted by Crippen LogP contribution is 2.28. The van der Waals surface area contributed by atoms with Gasteiger partial charge in [-0.1, -0.05) is 41.9 Å². The standard InChI is InChI=1S/C20H17ClN2O2/c21-13-6-5-7-14(12-13)22-17-18(23-10-3-4-11-23)20(25)16-9-2-1-8-15(16)19(17)24/h1-2,5-9,12,18H,3-4,10-11H2. The van der Waals surface area contributed by atoms with E-state index in [1.807, 2.05) is 0 Å².